The van der Waals surface area contributed by atoms with Gasteiger partial charge in [-0.3, -0.25) is 4.79 Å². The van der Waals surface area contributed by atoms with E-state index in [4.69, 9.17) is 14.9 Å². The van der Waals surface area contributed by atoms with Crippen LogP contribution in [0.4, 0.5) is 4.79 Å². The lowest BCUT2D eigenvalue weighted by atomic mass is 10.2. The first kappa shape index (κ1) is 20.1. The van der Waals surface area contributed by atoms with Gasteiger partial charge >= 0.3 is 6.16 Å². The summed E-state index contributed by atoms with van der Waals surface area (Å²) in [4.78, 5) is 30.5. The van der Waals surface area contributed by atoms with Crippen molar-refractivity contribution in [1.82, 2.24) is 0 Å². The van der Waals surface area contributed by atoms with Crippen LogP contribution in [0.3, 0.4) is 0 Å². The van der Waals surface area contributed by atoms with Gasteiger partial charge in [0.25, 0.3) is 0 Å². The zero-order chi connectivity index (χ0) is 17.2. The monoisotopic (exact) mass is 312 g/mol. The Kier molecular flexibility index (Phi) is 9.05. The summed E-state index contributed by atoms with van der Waals surface area (Å²) in [5.74, 6) is -1.15. The van der Waals surface area contributed by atoms with Crippen molar-refractivity contribution in [2.75, 3.05) is 0 Å². The number of rotatable bonds is 6. The quantitative estimate of drug-likeness (QED) is 0.280. The second-order valence-corrected chi connectivity index (χ2v) is 5.09. The average Bonchev–Trinajstić information content (AvgIpc) is 2.45. The van der Waals surface area contributed by atoms with Gasteiger partial charge in [0.05, 0.1) is 6.10 Å². The van der Waals surface area contributed by atoms with E-state index in [-0.39, 0.29) is 11.9 Å². The molecular weight excluding hydrogens is 288 g/mol. The number of carbonyl (C=O) groups is 2. The molecule has 0 saturated carbocycles. The number of carboxylic acid groups (broad SMARTS) is 1. The Morgan fingerprint density at radius 3 is 2.14 bits per heavy atom. The summed E-state index contributed by atoms with van der Waals surface area (Å²) >= 11 is 0. The fourth-order valence-electron chi connectivity index (χ4n) is 1.17. The third kappa shape index (κ3) is 9.90. The summed E-state index contributed by atoms with van der Waals surface area (Å²) in [5.41, 5.74) is 0.775. The molecule has 0 aliphatic carbocycles. The maximum absolute atomic E-state index is 10.6. The molecule has 0 aliphatic rings. The summed E-state index contributed by atoms with van der Waals surface area (Å²) in [6.07, 6.45) is -0.696. The van der Waals surface area contributed by atoms with E-state index in [2.05, 4.69) is 4.74 Å². The van der Waals surface area contributed by atoms with Crippen molar-refractivity contribution in [3.05, 3.63) is 35.9 Å². The van der Waals surface area contributed by atoms with Crippen molar-refractivity contribution >= 4 is 11.9 Å². The minimum Gasteiger partial charge on any atom is -0.450 e. The van der Waals surface area contributed by atoms with Gasteiger partial charge in [-0.15, -0.1) is 0 Å². The van der Waals surface area contributed by atoms with Crippen molar-refractivity contribution in [2.24, 2.45) is 0 Å². The first-order valence-corrected chi connectivity index (χ1v) is 7.00. The van der Waals surface area contributed by atoms with Crippen LogP contribution in [0.5, 0.6) is 0 Å². The Morgan fingerprint density at radius 2 is 1.77 bits per heavy atom. The van der Waals surface area contributed by atoms with Crippen molar-refractivity contribution in [3.8, 4) is 0 Å². The van der Waals surface area contributed by atoms with E-state index in [1.165, 1.54) is 13.8 Å². The van der Waals surface area contributed by atoms with Crippen LogP contribution in [0.1, 0.15) is 51.4 Å². The molecule has 0 bridgehead atoms. The molecule has 1 unspecified atom stereocenters. The normalized spacial score (nSPS) is 11.9. The highest BCUT2D eigenvalue weighted by Crippen LogP contribution is 2.13. The van der Waals surface area contributed by atoms with Gasteiger partial charge < -0.3 is 9.84 Å². The molecule has 1 atom stereocenters. The smallest absolute Gasteiger partial charge is 0.450 e. The molecule has 0 spiro atoms. The molecule has 1 aromatic carbocycles. The first-order chi connectivity index (χ1) is 10.2. The van der Waals surface area contributed by atoms with E-state index in [9.17, 15) is 9.59 Å². The van der Waals surface area contributed by atoms with Gasteiger partial charge in [0, 0.05) is 19.4 Å². The summed E-state index contributed by atoms with van der Waals surface area (Å²) < 4.78 is 4.40. The fourth-order valence-corrected chi connectivity index (χ4v) is 1.17. The summed E-state index contributed by atoms with van der Waals surface area (Å²) in [6.45, 7) is 8.23. The number of Topliss-reactive ketones (excluding diaryl/α,β-unsaturated/α-hetero) is 1. The molecule has 6 heteroatoms. The van der Waals surface area contributed by atoms with Crippen molar-refractivity contribution in [1.29, 1.82) is 0 Å². The lowest BCUT2D eigenvalue weighted by Gasteiger charge is -2.23. The van der Waals surface area contributed by atoms with Crippen LogP contribution < -0.4 is 0 Å². The molecule has 0 aromatic heterocycles. The third-order valence-corrected chi connectivity index (χ3v) is 2.50. The molecule has 6 nitrogen and oxygen atoms in total. The van der Waals surface area contributed by atoms with Crippen LogP contribution in [0, 0.1) is 0 Å². The standard InChI is InChI=1S/C8H16O5.C8H8O/c1-5-6(2)12-13-8(3,4)11-7(9)10;1-7(9)8-5-3-2-4-6-8/h6H,5H2,1-4H3,(H,9,10);2-6H,1H3. The minimum atomic E-state index is -1.39. The Labute approximate surface area is 130 Å². The number of hydrogen-bond donors (Lipinski definition) is 1. The summed E-state index contributed by atoms with van der Waals surface area (Å²) in [7, 11) is 0. The highest BCUT2D eigenvalue weighted by atomic mass is 17.2. The van der Waals surface area contributed by atoms with Crippen molar-refractivity contribution in [3.63, 3.8) is 0 Å². The van der Waals surface area contributed by atoms with E-state index in [0.29, 0.717) is 0 Å². The fraction of sp³-hybridized carbons (Fsp3) is 0.500. The molecule has 0 heterocycles. The van der Waals surface area contributed by atoms with E-state index >= 15 is 0 Å². The molecule has 1 aromatic rings. The van der Waals surface area contributed by atoms with E-state index < -0.39 is 11.9 Å². The predicted molar refractivity (Wildman–Crippen MR) is 81.6 cm³/mol. The molecule has 0 aliphatic heterocycles. The third-order valence-electron chi connectivity index (χ3n) is 2.50. The van der Waals surface area contributed by atoms with Gasteiger partial charge in [-0.1, -0.05) is 37.3 Å². The van der Waals surface area contributed by atoms with Crippen LogP contribution in [0.25, 0.3) is 0 Å². The van der Waals surface area contributed by atoms with Gasteiger partial charge in [0.2, 0.25) is 5.79 Å². The number of carbonyl (C=O) groups excluding carboxylic acids is 1. The largest absolute Gasteiger partial charge is 0.508 e. The van der Waals surface area contributed by atoms with E-state index in [1.807, 2.05) is 44.2 Å². The van der Waals surface area contributed by atoms with Gasteiger partial charge in [-0.2, -0.15) is 4.89 Å². The molecular formula is C16H24O6. The molecule has 1 rings (SSSR count). The molecule has 0 fully saturated rings. The van der Waals surface area contributed by atoms with E-state index in [0.717, 1.165) is 12.0 Å². The number of hydrogen-bond acceptors (Lipinski definition) is 5. The second-order valence-electron chi connectivity index (χ2n) is 5.09. The molecule has 1 N–H and O–H groups in total. The van der Waals surface area contributed by atoms with Crippen molar-refractivity contribution < 1.29 is 29.2 Å². The van der Waals surface area contributed by atoms with Gasteiger partial charge in [0.15, 0.2) is 5.78 Å². The molecule has 0 amide bonds. The topological polar surface area (TPSA) is 82.1 Å². The Hall–Kier alpha value is -1.92. The average molecular weight is 312 g/mol. The van der Waals surface area contributed by atoms with E-state index in [1.54, 1.807) is 6.92 Å². The Balaban J connectivity index is 0.000000425. The van der Waals surface area contributed by atoms with Crippen LogP contribution in [0.15, 0.2) is 30.3 Å². The molecule has 22 heavy (non-hydrogen) atoms. The maximum Gasteiger partial charge on any atom is 0.508 e. The Morgan fingerprint density at radius 1 is 1.23 bits per heavy atom. The lowest BCUT2D eigenvalue weighted by Crippen LogP contribution is -2.32. The second kappa shape index (κ2) is 9.92. The van der Waals surface area contributed by atoms with Crippen LogP contribution in [-0.2, 0) is 14.5 Å². The van der Waals surface area contributed by atoms with Gasteiger partial charge in [-0.05, 0) is 20.3 Å². The lowest BCUT2D eigenvalue weighted by molar-refractivity contribution is -0.422. The van der Waals surface area contributed by atoms with Gasteiger partial charge in [-0.25, -0.2) is 9.68 Å². The highest BCUT2D eigenvalue weighted by molar-refractivity contribution is 5.93. The zero-order valence-electron chi connectivity index (χ0n) is 13.7. The van der Waals surface area contributed by atoms with Crippen LogP contribution in [0.2, 0.25) is 0 Å². The van der Waals surface area contributed by atoms with Gasteiger partial charge in [0.1, 0.15) is 0 Å². The first-order valence-electron chi connectivity index (χ1n) is 7.00. The number of ketones is 1. The van der Waals surface area contributed by atoms with Crippen molar-refractivity contribution in [2.45, 2.75) is 52.9 Å². The molecule has 124 valence electrons. The molecule has 0 saturated heterocycles. The summed E-state index contributed by atoms with van der Waals surface area (Å²) in [5, 5.41) is 8.31. The SMILES string of the molecule is CC(=O)c1ccccc1.CCC(C)OOC(C)(C)OC(=O)O. The van der Waals surface area contributed by atoms with Crippen LogP contribution in [-0.4, -0.2) is 28.9 Å². The highest BCUT2D eigenvalue weighted by Gasteiger charge is 2.25. The summed E-state index contributed by atoms with van der Waals surface area (Å²) in [6, 6.07) is 9.23. The predicted octanol–water partition coefficient (Wildman–Crippen LogP) is 4.05. The Bertz CT molecular complexity index is 455. The van der Waals surface area contributed by atoms with Crippen LogP contribution >= 0.6 is 0 Å². The number of benzene rings is 1. The maximum atomic E-state index is 10.6. The molecule has 0 radical (unpaired) electrons. The zero-order valence-corrected chi connectivity index (χ0v) is 13.7. The minimum absolute atomic E-state index is 0.0864. The number of ether oxygens (including phenoxy) is 1.